The third-order valence-electron chi connectivity index (χ3n) is 4.32. The molecule has 0 radical (unpaired) electrons. The first-order valence-corrected chi connectivity index (χ1v) is 7.41. The zero-order valence-electron chi connectivity index (χ0n) is 10.9. The van der Waals surface area contributed by atoms with Crippen LogP contribution in [0.4, 0.5) is 10.1 Å². The molecule has 3 rings (SSSR count). The summed E-state index contributed by atoms with van der Waals surface area (Å²) in [6.07, 6.45) is 6.62. The number of para-hydroxylation sites is 1. The molecule has 1 unspecified atom stereocenters. The molecule has 0 bridgehead atoms. The van der Waals surface area contributed by atoms with Gasteiger partial charge < -0.3 is 10.1 Å². The van der Waals surface area contributed by atoms with Gasteiger partial charge in [-0.3, -0.25) is 0 Å². The molecule has 4 heteroatoms. The summed E-state index contributed by atoms with van der Waals surface area (Å²) < 4.78 is 19.8. The Morgan fingerprint density at radius 3 is 2.84 bits per heavy atom. The predicted octanol–water partition coefficient (Wildman–Crippen LogP) is 4.38. The first-order chi connectivity index (χ1) is 9.19. The molecule has 1 atom stereocenters. The second-order valence-electron chi connectivity index (χ2n) is 5.67. The van der Waals surface area contributed by atoms with Gasteiger partial charge in [-0.15, -0.1) is 0 Å². The minimum atomic E-state index is -0.278. The van der Waals surface area contributed by atoms with Crippen LogP contribution >= 0.6 is 11.6 Å². The van der Waals surface area contributed by atoms with Crippen molar-refractivity contribution in [3.8, 4) is 0 Å². The summed E-state index contributed by atoms with van der Waals surface area (Å²) >= 11 is 6.07. The quantitative estimate of drug-likeness (QED) is 0.869. The molecule has 1 aromatic carbocycles. The number of benzene rings is 1. The summed E-state index contributed by atoms with van der Waals surface area (Å²) in [5.74, 6) is -0.278. The largest absolute Gasteiger partial charge is 0.379 e. The van der Waals surface area contributed by atoms with Crippen LogP contribution in [-0.4, -0.2) is 18.2 Å². The Morgan fingerprint density at radius 1 is 1.32 bits per heavy atom. The van der Waals surface area contributed by atoms with Crippen LogP contribution in [0.2, 0.25) is 5.02 Å². The summed E-state index contributed by atoms with van der Waals surface area (Å²) in [4.78, 5) is 0. The summed E-state index contributed by atoms with van der Waals surface area (Å²) in [5.41, 5.74) is 0.470. The SMILES string of the molecule is Fc1cccc(Cl)c1NC1CCOC2(CCCC2)C1. The minimum absolute atomic E-state index is 0.0354. The van der Waals surface area contributed by atoms with E-state index in [1.807, 2.05) is 0 Å². The topological polar surface area (TPSA) is 21.3 Å². The Kier molecular flexibility index (Phi) is 3.68. The van der Waals surface area contributed by atoms with Gasteiger partial charge in [0.25, 0.3) is 0 Å². The lowest BCUT2D eigenvalue weighted by Crippen LogP contribution is -2.42. The summed E-state index contributed by atoms with van der Waals surface area (Å²) in [6.45, 7) is 0.754. The van der Waals surface area contributed by atoms with E-state index in [1.54, 1.807) is 12.1 Å². The molecule has 2 aliphatic rings. The van der Waals surface area contributed by atoms with Crippen LogP contribution < -0.4 is 5.32 Å². The average molecular weight is 284 g/mol. The molecule has 1 aromatic rings. The first-order valence-electron chi connectivity index (χ1n) is 7.03. The van der Waals surface area contributed by atoms with Crippen LogP contribution in [0.15, 0.2) is 18.2 Å². The maximum atomic E-state index is 13.8. The summed E-state index contributed by atoms with van der Waals surface area (Å²) in [5, 5.41) is 3.73. The molecule has 104 valence electrons. The number of hydrogen-bond acceptors (Lipinski definition) is 2. The van der Waals surface area contributed by atoms with Gasteiger partial charge in [0.1, 0.15) is 5.82 Å². The maximum Gasteiger partial charge on any atom is 0.147 e. The maximum absolute atomic E-state index is 13.8. The fourth-order valence-electron chi connectivity index (χ4n) is 3.36. The normalized spacial score (nSPS) is 25.7. The Morgan fingerprint density at radius 2 is 2.11 bits per heavy atom. The molecule has 1 aliphatic heterocycles. The van der Waals surface area contributed by atoms with Crippen LogP contribution in [0.1, 0.15) is 38.5 Å². The number of hydrogen-bond donors (Lipinski definition) is 1. The van der Waals surface area contributed by atoms with E-state index >= 15 is 0 Å². The molecule has 1 aliphatic carbocycles. The highest BCUT2D eigenvalue weighted by atomic mass is 35.5. The molecule has 1 spiro atoms. The van der Waals surface area contributed by atoms with Crippen molar-refractivity contribution in [1.29, 1.82) is 0 Å². The van der Waals surface area contributed by atoms with Gasteiger partial charge in [-0.2, -0.15) is 0 Å². The van der Waals surface area contributed by atoms with Crippen molar-refractivity contribution in [3.63, 3.8) is 0 Å². The summed E-state index contributed by atoms with van der Waals surface area (Å²) in [7, 11) is 0. The highest BCUT2D eigenvalue weighted by Gasteiger charge is 2.40. The molecule has 1 saturated carbocycles. The Labute approximate surface area is 118 Å². The fourth-order valence-corrected chi connectivity index (χ4v) is 3.58. The molecule has 19 heavy (non-hydrogen) atoms. The Hall–Kier alpha value is -0.800. The molecule has 2 nitrogen and oxygen atoms in total. The lowest BCUT2D eigenvalue weighted by molar-refractivity contribution is -0.0767. The Bertz CT molecular complexity index is 439. The van der Waals surface area contributed by atoms with Crippen molar-refractivity contribution in [2.45, 2.75) is 50.2 Å². The average Bonchev–Trinajstić information content (AvgIpc) is 2.82. The molecule has 1 N–H and O–H groups in total. The highest BCUT2D eigenvalue weighted by Crippen LogP contribution is 2.41. The first kappa shape index (κ1) is 13.2. The third kappa shape index (κ3) is 2.72. The van der Waals surface area contributed by atoms with Crippen molar-refractivity contribution in [2.75, 3.05) is 11.9 Å². The smallest absolute Gasteiger partial charge is 0.147 e. The van der Waals surface area contributed by atoms with E-state index in [9.17, 15) is 4.39 Å². The van der Waals surface area contributed by atoms with Gasteiger partial charge in [-0.25, -0.2) is 4.39 Å². The van der Waals surface area contributed by atoms with Crippen LogP contribution in [0.5, 0.6) is 0 Å². The second-order valence-corrected chi connectivity index (χ2v) is 6.08. The lowest BCUT2D eigenvalue weighted by atomic mass is 9.89. The molecular formula is C15H19ClFNO. The van der Waals surface area contributed by atoms with Crippen molar-refractivity contribution in [2.24, 2.45) is 0 Å². The molecule has 1 heterocycles. The zero-order chi connectivity index (χ0) is 13.3. The van der Waals surface area contributed by atoms with E-state index < -0.39 is 0 Å². The Balaban J connectivity index is 1.73. The fraction of sp³-hybridized carbons (Fsp3) is 0.600. The highest BCUT2D eigenvalue weighted by molar-refractivity contribution is 6.33. The minimum Gasteiger partial charge on any atom is -0.379 e. The summed E-state index contributed by atoms with van der Waals surface area (Å²) in [6, 6.07) is 5.04. The van der Waals surface area contributed by atoms with Gasteiger partial charge in [0.15, 0.2) is 0 Å². The monoisotopic (exact) mass is 283 g/mol. The number of anilines is 1. The molecule has 1 saturated heterocycles. The van der Waals surface area contributed by atoms with Crippen molar-refractivity contribution in [3.05, 3.63) is 29.0 Å². The number of halogens is 2. The van der Waals surface area contributed by atoms with Gasteiger partial charge in [-0.1, -0.05) is 30.5 Å². The van der Waals surface area contributed by atoms with Crippen LogP contribution in [0.25, 0.3) is 0 Å². The molecule has 0 amide bonds. The van der Waals surface area contributed by atoms with Crippen LogP contribution in [-0.2, 0) is 4.74 Å². The van der Waals surface area contributed by atoms with E-state index in [0.29, 0.717) is 10.7 Å². The van der Waals surface area contributed by atoms with Crippen molar-refractivity contribution < 1.29 is 9.13 Å². The second kappa shape index (κ2) is 5.29. The number of rotatable bonds is 2. The molecule has 0 aromatic heterocycles. The van der Waals surface area contributed by atoms with E-state index in [0.717, 1.165) is 32.3 Å². The number of nitrogens with one attached hydrogen (secondary N) is 1. The van der Waals surface area contributed by atoms with E-state index in [-0.39, 0.29) is 17.5 Å². The zero-order valence-corrected chi connectivity index (χ0v) is 11.7. The van der Waals surface area contributed by atoms with Gasteiger partial charge in [0.2, 0.25) is 0 Å². The van der Waals surface area contributed by atoms with Gasteiger partial charge in [-0.05, 0) is 37.8 Å². The van der Waals surface area contributed by atoms with E-state index in [1.165, 1.54) is 18.9 Å². The van der Waals surface area contributed by atoms with Gasteiger partial charge >= 0.3 is 0 Å². The van der Waals surface area contributed by atoms with Crippen molar-refractivity contribution >= 4 is 17.3 Å². The van der Waals surface area contributed by atoms with Gasteiger partial charge in [0.05, 0.1) is 16.3 Å². The standard InChI is InChI=1S/C15H19ClFNO/c16-12-4-3-5-13(17)14(12)18-11-6-9-19-15(10-11)7-1-2-8-15/h3-5,11,18H,1-2,6-10H2. The van der Waals surface area contributed by atoms with Crippen LogP contribution in [0.3, 0.4) is 0 Å². The van der Waals surface area contributed by atoms with E-state index in [4.69, 9.17) is 16.3 Å². The van der Waals surface area contributed by atoms with Gasteiger partial charge in [0, 0.05) is 12.6 Å². The third-order valence-corrected chi connectivity index (χ3v) is 4.63. The van der Waals surface area contributed by atoms with Crippen molar-refractivity contribution in [1.82, 2.24) is 0 Å². The molecule has 2 fully saturated rings. The molecular weight excluding hydrogens is 265 g/mol. The van der Waals surface area contributed by atoms with E-state index in [2.05, 4.69) is 5.32 Å². The lowest BCUT2D eigenvalue weighted by Gasteiger charge is -2.39. The predicted molar refractivity (Wildman–Crippen MR) is 75.2 cm³/mol. The number of ether oxygens (including phenoxy) is 1. The van der Waals surface area contributed by atoms with Crippen LogP contribution in [0, 0.1) is 5.82 Å².